The first-order valence-electron chi connectivity index (χ1n) is 7.91. The largest absolute Gasteiger partial charge is 0.368 e. The molecule has 1 aromatic carbocycles. The van der Waals surface area contributed by atoms with E-state index in [2.05, 4.69) is 41.1 Å². The average molecular weight is 307 g/mol. The molecule has 0 unspecified atom stereocenters. The highest BCUT2D eigenvalue weighted by molar-refractivity contribution is 5.91. The molecule has 0 radical (unpaired) electrons. The fourth-order valence-corrected chi connectivity index (χ4v) is 2.76. The van der Waals surface area contributed by atoms with Crippen molar-refractivity contribution in [3.05, 3.63) is 66.0 Å². The number of anilines is 1. The number of carbonyl (C=O) groups is 1. The van der Waals surface area contributed by atoms with Gasteiger partial charge >= 0.3 is 0 Å². The van der Waals surface area contributed by atoms with Gasteiger partial charge in [0.2, 0.25) is 5.91 Å². The van der Waals surface area contributed by atoms with Gasteiger partial charge in [-0.1, -0.05) is 18.2 Å². The summed E-state index contributed by atoms with van der Waals surface area (Å²) in [4.78, 5) is 20.5. The van der Waals surface area contributed by atoms with Crippen LogP contribution >= 0.6 is 0 Å². The van der Waals surface area contributed by atoms with Crippen molar-refractivity contribution in [2.75, 3.05) is 31.1 Å². The van der Waals surface area contributed by atoms with Crippen molar-refractivity contribution in [2.24, 2.45) is 0 Å². The molecule has 0 N–H and O–H groups in total. The van der Waals surface area contributed by atoms with Crippen LogP contribution in [0.15, 0.2) is 54.9 Å². The number of rotatable bonds is 3. The smallest absolute Gasteiger partial charge is 0.246 e. The second-order valence-electron chi connectivity index (χ2n) is 5.77. The molecule has 4 heteroatoms. The highest BCUT2D eigenvalue weighted by atomic mass is 16.2. The van der Waals surface area contributed by atoms with E-state index in [1.54, 1.807) is 18.5 Å². The van der Waals surface area contributed by atoms with Gasteiger partial charge in [-0.25, -0.2) is 0 Å². The molecule has 3 rings (SSSR count). The van der Waals surface area contributed by atoms with Gasteiger partial charge in [-0.15, -0.1) is 0 Å². The Morgan fingerprint density at radius 1 is 1.13 bits per heavy atom. The zero-order chi connectivity index (χ0) is 16.1. The molecule has 1 fully saturated rings. The molecule has 2 aromatic rings. The number of aromatic nitrogens is 1. The van der Waals surface area contributed by atoms with Crippen LogP contribution in [0, 0.1) is 6.92 Å². The summed E-state index contributed by atoms with van der Waals surface area (Å²) < 4.78 is 0. The third kappa shape index (κ3) is 3.97. The van der Waals surface area contributed by atoms with Gasteiger partial charge in [-0.2, -0.15) is 0 Å². The van der Waals surface area contributed by atoms with E-state index in [-0.39, 0.29) is 5.91 Å². The van der Waals surface area contributed by atoms with Crippen molar-refractivity contribution in [3.63, 3.8) is 0 Å². The molecule has 1 aromatic heterocycles. The summed E-state index contributed by atoms with van der Waals surface area (Å²) in [6.45, 7) is 5.35. The Bertz CT molecular complexity index is 689. The third-order valence-electron chi connectivity index (χ3n) is 4.06. The normalized spacial score (nSPS) is 15.2. The molecule has 1 amide bonds. The lowest BCUT2D eigenvalue weighted by atomic mass is 10.2. The molecular formula is C19H21N3O. The van der Waals surface area contributed by atoms with Gasteiger partial charge in [0, 0.05) is 50.3 Å². The highest BCUT2D eigenvalue weighted by Gasteiger charge is 2.19. The molecule has 0 aliphatic carbocycles. The molecule has 4 nitrogen and oxygen atoms in total. The second-order valence-corrected chi connectivity index (χ2v) is 5.77. The molecule has 1 aliphatic heterocycles. The Kier molecular flexibility index (Phi) is 4.71. The number of amides is 1. The van der Waals surface area contributed by atoms with Crippen molar-refractivity contribution in [2.45, 2.75) is 6.92 Å². The highest BCUT2D eigenvalue weighted by Crippen LogP contribution is 2.18. The summed E-state index contributed by atoms with van der Waals surface area (Å²) in [7, 11) is 0. The second kappa shape index (κ2) is 7.09. The van der Waals surface area contributed by atoms with Crippen molar-refractivity contribution >= 4 is 17.7 Å². The maximum Gasteiger partial charge on any atom is 0.246 e. The summed E-state index contributed by atoms with van der Waals surface area (Å²) in [5, 5.41) is 0. The summed E-state index contributed by atoms with van der Waals surface area (Å²) >= 11 is 0. The summed E-state index contributed by atoms with van der Waals surface area (Å²) in [6, 6.07) is 12.3. The van der Waals surface area contributed by atoms with Crippen LogP contribution in [0.5, 0.6) is 0 Å². The first kappa shape index (κ1) is 15.3. The summed E-state index contributed by atoms with van der Waals surface area (Å²) in [5.41, 5.74) is 3.45. The van der Waals surface area contributed by atoms with E-state index in [0.29, 0.717) is 0 Å². The van der Waals surface area contributed by atoms with Crippen LogP contribution in [0.3, 0.4) is 0 Å². The minimum atomic E-state index is 0.0674. The van der Waals surface area contributed by atoms with E-state index in [9.17, 15) is 4.79 Å². The standard InChI is InChI=1S/C19H21N3O/c1-16-4-2-6-18(14-16)21-10-12-22(13-11-21)19(23)8-7-17-5-3-9-20-15-17/h2-9,14-15H,10-13H2,1H3/b8-7+. The minimum Gasteiger partial charge on any atom is -0.368 e. The first-order chi connectivity index (χ1) is 11.2. The Balaban J connectivity index is 1.56. The molecule has 1 aliphatic rings. The lowest BCUT2D eigenvalue weighted by Gasteiger charge is -2.35. The fourth-order valence-electron chi connectivity index (χ4n) is 2.76. The zero-order valence-electron chi connectivity index (χ0n) is 13.4. The lowest BCUT2D eigenvalue weighted by molar-refractivity contribution is -0.126. The summed E-state index contributed by atoms with van der Waals surface area (Å²) in [5.74, 6) is 0.0674. The molecule has 2 heterocycles. The van der Waals surface area contributed by atoms with E-state index in [1.165, 1.54) is 11.3 Å². The number of piperazine rings is 1. The van der Waals surface area contributed by atoms with Crippen molar-refractivity contribution < 1.29 is 4.79 Å². The predicted molar refractivity (Wildman–Crippen MR) is 93.2 cm³/mol. The van der Waals surface area contributed by atoms with E-state index in [4.69, 9.17) is 0 Å². The third-order valence-corrected chi connectivity index (χ3v) is 4.06. The Labute approximate surface area is 137 Å². The Hall–Kier alpha value is -2.62. The van der Waals surface area contributed by atoms with Gasteiger partial charge < -0.3 is 9.80 Å². The number of hydrogen-bond acceptors (Lipinski definition) is 3. The van der Waals surface area contributed by atoms with Crippen LogP contribution in [-0.4, -0.2) is 42.0 Å². The number of carbonyl (C=O) groups excluding carboxylic acids is 1. The van der Waals surface area contributed by atoms with E-state index in [0.717, 1.165) is 31.7 Å². The van der Waals surface area contributed by atoms with E-state index in [1.807, 2.05) is 23.1 Å². The number of aryl methyl sites for hydroxylation is 1. The van der Waals surface area contributed by atoms with E-state index < -0.39 is 0 Å². The number of benzene rings is 1. The average Bonchev–Trinajstić information content (AvgIpc) is 2.61. The maximum atomic E-state index is 12.3. The number of nitrogens with zero attached hydrogens (tertiary/aromatic N) is 3. The van der Waals surface area contributed by atoms with Crippen molar-refractivity contribution in [1.82, 2.24) is 9.88 Å². The van der Waals surface area contributed by atoms with Crippen molar-refractivity contribution in [3.8, 4) is 0 Å². The topological polar surface area (TPSA) is 36.4 Å². The molecular weight excluding hydrogens is 286 g/mol. The van der Waals surface area contributed by atoms with Crippen LogP contribution in [0.1, 0.15) is 11.1 Å². The number of pyridine rings is 1. The fraction of sp³-hybridized carbons (Fsp3) is 0.263. The molecule has 0 bridgehead atoms. The SMILES string of the molecule is Cc1cccc(N2CCN(C(=O)/C=C/c3cccnc3)CC2)c1. The van der Waals surface area contributed by atoms with Crippen LogP contribution in [0.2, 0.25) is 0 Å². The minimum absolute atomic E-state index is 0.0674. The molecule has 23 heavy (non-hydrogen) atoms. The van der Waals surface area contributed by atoms with Crippen molar-refractivity contribution in [1.29, 1.82) is 0 Å². The van der Waals surface area contributed by atoms with Crippen LogP contribution < -0.4 is 4.90 Å². The Morgan fingerprint density at radius 2 is 1.96 bits per heavy atom. The molecule has 0 saturated carbocycles. The molecule has 0 atom stereocenters. The maximum absolute atomic E-state index is 12.3. The van der Waals surface area contributed by atoms with Crippen LogP contribution in [0.4, 0.5) is 5.69 Å². The van der Waals surface area contributed by atoms with Gasteiger partial charge in [-0.05, 0) is 42.3 Å². The van der Waals surface area contributed by atoms with E-state index >= 15 is 0 Å². The number of hydrogen-bond donors (Lipinski definition) is 0. The van der Waals surface area contributed by atoms with Gasteiger partial charge in [0.05, 0.1) is 0 Å². The molecule has 0 spiro atoms. The van der Waals surface area contributed by atoms with Gasteiger partial charge in [-0.3, -0.25) is 9.78 Å². The zero-order valence-corrected chi connectivity index (χ0v) is 13.4. The quantitative estimate of drug-likeness (QED) is 0.818. The van der Waals surface area contributed by atoms with Gasteiger partial charge in [0.1, 0.15) is 0 Å². The summed E-state index contributed by atoms with van der Waals surface area (Å²) in [6.07, 6.45) is 6.94. The van der Waals surface area contributed by atoms with Crippen LogP contribution in [-0.2, 0) is 4.79 Å². The Morgan fingerprint density at radius 3 is 2.65 bits per heavy atom. The predicted octanol–water partition coefficient (Wildman–Crippen LogP) is 2.75. The van der Waals surface area contributed by atoms with Crippen LogP contribution in [0.25, 0.3) is 6.08 Å². The van der Waals surface area contributed by atoms with Gasteiger partial charge in [0.25, 0.3) is 0 Å². The monoisotopic (exact) mass is 307 g/mol. The van der Waals surface area contributed by atoms with Gasteiger partial charge in [0.15, 0.2) is 0 Å². The molecule has 1 saturated heterocycles. The molecule has 118 valence electrons. The lowest BCUT2D eigenvalue weighted by Crippen LogP contribution is -2.48. The first-order valence-corrected chi connectivity index (χ1v) is 7.91.